The summed E-state index contributed by atoms with van der Waals surface area (Å²) in [6, 6.07) is -1.03. The zero-order valence-corrected chi connectivity index (χ0v) is 52.4. The smallest absolute Gasteiger partial charge is 0.306 e. The predicted molar refractivity (Wildman–Crippen MR) is 338 cm³/mol. The van der Waals surface area contributed by atoms with Crippen LogP contribution in [0.2, 0.25) is 0 Å². The number of hydrogen-bond donors (Lipinski definition) is 6. The Kier molecular flexibility index (Phi) is 54.5. The van der Waals surface area contributed by atoms with Crippen molar-refractivity contribution in [3.8, 4) is 0 Å². The van der Waals surface area contributed by atoms with E-state index in [-0.39, 0.29) is 13.0 Å². The largest absolute Gasteiger partial charge is 0.454 e. The van der Waals surface area contributed by atoms with Crippen LogP contribution in [-0.2, 0) is 23.8 Å². The summed E-state index contributed by atoms with van der Waals surface area (Å²) in [5.41, 5.74) is 0. The van der Waals surface area contributed by atoms with Crippen LogP contribution in [0.3, 0.4) is 0 Å². The number of amides is 1. The zero-order valence-electron chi connectivity index (χ0n) is 52.4. The van der Waals surface area contributed by atoms with Crippen molar-refractivity contribution in [3.05, 3.63) is 60.8 Å². The van der Waals surface area contributed by atoms with Gasteiger partial charge in [0.05, 0.1) is 25.4 Å². The monoisotopic (exact) mass is 1140 g/mol. The van der Waals surface area contributed by atoms with Crippen LogP contribution >= 0.6 is 0 Å². The number of carbonyl (C=O) groups excluding carboxylic acids is 2. The van der Waals surface area contributed by atoms with E-state index in [2.05, 4.69) is 74.7 Å². The summed E-state index contributed by atoms with van der Waals surface area (Å²) < 4.78 is 17.6. The molecule has 472 valence electrons. The van der Waals surface area contributed by atoms with E-state index in [4.69, 9.17) is 14.2 Å². The molecule has 0 radical (unpaired) electrons. The zero-order chi connectivity index (χ0) is 58.9. The van der Waals surface area contributed by atoms with Crippen LogP contribution in [0.1, 0.15) is 310 Å². The van der Waals surface area contributed by atoms with Gasteiger partial charge in [-0.25, -0.2) is 0 Å². The van der Waals surface area contributed by atoms with E-state index in [1.807, 2.05) is 6.08 Å². The lowest BCUT2D eigenvalue weighted by Gasteiger charge is -2.41. The molecule has 1 amide bonds. The van der Waals surface area contributed by atoms with E-state index in [1.165, 1.54) is 180 Å². The molecule has 0 aromatic heterocycles. The number of allylic oxidation sites excluding steroid dienone is 9. The van der Waals surface area contributed by atoms with Gasteiger partial charge in [0.25, 0.3) is 0 Å². The Labute approximate surface area is 497 Å². The third-order valence-electron chi connectivity index (χ3n) is 15.9. The average molecular weight is 1140 g/mol. The van der Waals surface area contributed by atoms with Crippen LogP contribution in [0.15, 0.2) is 60.8 Å². The Hall–Kier alpha value is -2.64. The highest BCUT2D eigenvalue weighted by molar-refractivity contribution is 5.80. The lowest BCUT2D eigenvalue weighted by atomic mass is 9.99. The molecule has 8 unspecified atom stereocenters. The molecule has 1 rings (SSSR count). The first-order chi connectivity index (χ1) is 39.7. The predicted octanol–water partition coefficient (Wildman–Crippen LogP) is 17.0. The van der Waals surface area contributed by atoms with E-state index < -0.39 is 67.4 Å². The number of carbonyl (C=O) groups is 2. The maximum absolute atomic E-state index is 13.5. The van der Waals surface area contributed by atoms with E-state index in [0.29, 0.717) is 19.3 Å². The van der Waals surface area contributed by atoms with E-state index in [9.17, 15) is 35.1 Å². The van der Waals surface area contributed by atoms with Crippen LogP contribution in [-0.4, -0.2) is 99.6 Å². The minimum atomic E-state index is -1.62. The number of rotatable bonds is 58. The van der Waals surface area contributed by atoms with Crippen LogP contribution in [0.5, 0.6) is 0 Å². The highest BCUT2D eigenvalue weighted by Crippen LogP contribution is 2.26. The number of esters is 1. The standard InChI is InChI=1S/C70H127NO10/c1-4-7-10-13-16-19-22-24-26-28-29-30-31-32-33-34-36-37-39-42-45-48-51-54-57-63(74)69(78)71-61(62(73)56-53-50-47-44-41-21-18-15-12-9-6-3)60-79-70-68(67(77)66(76)64(59-72)80-70)81-65(75)58-55-52-49-46-43-40-38-35-27-25-23-20-17-14-11-8-5-2/h17,20,24-27,38,40,53,56,61-64,66-68,70,72-74,76-77H,4-16,18-19,21-23,28-37,39,41-52,54-55,57-60H2,1-3H3,(H,71,78)/b20-17-,26-24+,27-25-,40-38-,56-53+. The summed E-state index contributed by atoms with van der Waals surface area (Å²) in [4.78, 5) is 26.6. The second-order valence-corrected chi connectivity index (χ2v) is 23.6. The van der Waals surface area contributed by atoms with Crippen LogP contribution in [0, 0.1) is 0 Å². The molecule has 0 saturated carbocycles. The Bertz CT molecular complexity index is 1550. The van der Waals surface area contributed by atoms with E-state index in [1.54, 1.807) is 6.08 Å². The summed E-state index contributed by atoms with van der Waals surface area (Å²) in [5, 5.41) is 57.1. The molecule has 0 aromatic carbocycles. The van der Waals surface area contributed by atoms with Gasteiger partial charge in [0.1, 0.15) is 24.4 Å². The van der Waals surface area contributed by atoms with Crippen molar-refractivity contribution in [1.82, 2.24) is 5.32 Å². The van der Waals surface area contributed by atoms with Gasteiger partial charge in [-0.05, 0) is 89.9 Å². The topological polar surface area (TPSA) is 175 Å². The number of ether oxygens (including phenoxy) is 3. The Balaban J connectivity index is 2.59. The molecule has 0 aromatic rings. The molecule has 0 aliphatic carbocycles. The fraction of sp³-hybridized carbons (Fsp3) is 0.829. The molecule has 0 bridgehead atoms. The first-order valence-corrected chi connectivity index (χ1v) is 34.1. The van der Waals surface area contributed by atoms with Gasteiger partial charge in [-0.15, -0.1) is 0 Å². The van der Waals surface area contributed by atoms with Gasteiger partial charge in [0, 0.05) is 6.42 Å². The Morgan fingerprint density at radius 2 is 0.852 bits per heavy atom. The molecule has 8 atom stereocenters. The van der Waals surface area contributed by atoms with Gasteiger partial charge < -0.3 is 45.1 Å². The fourth-order valence-corrected chi connectivity index (χ4v) is 10.5. The molecule has 0 spiro atoms. The molecule has 1 aliphatic heterocycles. The first-order valence-electron chi connectivity index (χ1n) is 34.1. The van der Waals surface area contributed by atoms with Crippen LogP contribution in [0.4, 0.5) is 0 Å². The highest BCUT2D eigenvalue weighted by atomic mass is 16.7. The molecule has 11 heteroatoms. The summed E-state index contributed by atoms with van der Waals surface area (Å²) in [5.74, 6) is -1.21. The maximum atomic E-state index is 13.5. The molecular weight excluding hydrogens is 1010 g/mol. The second kappa shape index (κ2) is 57.8. The minimum absolute atomic E-state index is 0.0978. The fourth-order valence-electron chi connectivity index (χ4n) is 10.5. The van der Waals surface area contributed by atoms with E-state index in [0.717, 1.165) is 83.5 Å². The quantitative estimate of drug-likeness (QED) is 0.0195. The SMILES string of the molecule is CCCCC/C=C\C/C=C\C/C=C\CCCCCCC(=O)OC1C(OCC(NC(=O)C(O)CCCCCCCCCCCCCCCC/C=C/CCCCCCCC)C(O)/C=C/CCCCCCCCCCC)OC(CO)C(O)C1O. The van der Waals surface area contributed by atoms with E-state index >= 15 is 0 Å². The molecule has 1 heterocycles. The van der Waals surface area contributed by atoms with Crippen LogP contribution < -0.4 is 5.32 Å². The van der Waals surface area contributed by atoms with Crippen molar-refractivity contribution >= 4 is 11.9 Å². The third-order valence-corrected chi connectivity index (χ3v) is 15.9. The van der Waals surface area contributed by atoms with Gasteiger partial charge in [-0.1, -0.05) is 274 Å². The van der Waals surface area contributed by atoms with Gasteiger partial charge in [0.2, 0.25) is 5.91 Å². The molecule has 6 N–H and O–H groups in total. The van der Waals surface area contributed by atoms with Crippen molar-refractivity contribution in [2.24, 2.45) is 0 Å². The van der Waals surface area contributed by atoms with Crippen molar-refractivity contribution < 1.29 is 49.3 Å². The molecule has 81 heavy (non-hydrogen) atoms. The van der Waals surface area contributed by atoms with Gasteiger partial charge >= 0.3 is 5.97 Å². The van der Waals surface area contributed by atoms with Gasteiger partial charge in [0.15, 0.2) is 12.4 Å². The van der Waals surface area contributed by atoms with Crippen LogP contribution in [0.25, 0.3) is 0 Å². The molecule has 1 fully saturated rings. The molecular formula is C70H127NO10. The van der Waals surface area contributed by atoms with Gasteiger partial charge in [-0.3, -0.25) is 9.59 Å². The highest BCUT2D eigenvalue weighted by Gasteiger charge is 2.47. The van der Waals surface area contributed by atoms with Crippen molar-refractivity contribution in [2.75, 3.05) is 13.2 Å². The number of aliphatic hydroxyl groups is 5. The maximum Gasteiger partial charge on any atom is 0.306 e. The van der Waals surface area contributed by atoms with Crippen molar-refractivity contribution in [2.45, 2.75) is 359 Å². The summed E-state index contributed by atoms with van der Waals surface area (Å²) >= 11 is 0. The Morgan fingerprint density at radius 3 is 1.31 bits per heavy atom. The number of unbranched alkanes of at least 4 members (excludes halogenated alkanes) is 36. The first kappa shape index (κ1) is 76.4. The number of hydrogen-bond acceptors (Lipinski definition) is 10. The molecule has 11 nitrogen and oxygen atoms in total. The van der Waals surface area contributed by atoms with Crippen molar-refractivity contribution in [1.29, 1.82) is 0 Å². The molecule has 1 aliphatic rings. The second-order valence-electron chi connectivity index (χ2n) is 23.6. The minimum Gasteiger partial charge on any atom is -0.454 e. The Morgan fingerprint density at radius 1 is 0.481 bits per heavy atom. The lowest BCUT2D eigenvalue weighted by molar-refractivity contribution is -0.305. The lowest BCUT2D eigenvalue weighted by Crippen LogP contribution is -2.61. The summed E-state index contributed by atoms with van der Waals surface area (Å²) in [7, 11) is 0. The van der Waals surface area contributed by atoms with Crippen molar-refractivity contribution in [3.63, 3.8) is 0 Å². The normalized spacial score (nSPS) is 19.0. The summed E-state index contributed by atoms with van der Waals surface area (Å²) in [6.07, 6.45) is 62.7. The number of nitrogens with one attached hydrogen (secondary N) is 1. The summed E-state index contributed by atoms with van der Waals surface area (Å²) in [6.45, 7) is 5.76. The molecule has 1 saturated heterocycles. The average Bonchev–Trinajstić information content (AvgIpc) is 3.52. The van der Waals surface area contributed by atoms with Gasteiger partial charge in [-0.2, -0.15) is 0 Å². The third kappa shape index (κ3) is 45.4. The number of aliphatic hydroxyl groups excluding tert-OH is 5.